The van der Waals surface area contributed by atoms with Gasteiger partial charge in [-0.1, -0.05) is 109 Å². The average molecular weight is 1010 g/mol. The van der Waals surface area contributed by atoms with E-state index in [2.05, 4.69) is 36.9 Å². The lowest BCUT2D eigenvalue weighted by Crippen LogP contribution is -2.63. The molecule has 0 radical (unpaired) electrons. The summed E-state index contributed by atoms with van der Waals surface area (Å²) in [5.74, 6) is -4.11. The Labute approximate surface area is 433 Å². The molecule has 17 heteroatoms. The lowest BCUT2D eigenvalue weighted by atomic mass is 10.0. The van der Waals surface area contributed by atoms with Gasteiger partial charge in [-0.15, -0.1) is 0 Å². The van der Waals surface area contributed by atoms with Crippen LogP contribution in [0.4, 0.5) is 4.79 Å². The third-order valence-electron chi connectivity index (χ3n) is 12.2. The maximum Gasteiger partial charge on any atom is 0.407 e. The second-order valence-corrected chi connectivity index (χ2v) is 20.8. The van der Waals surface area contributed by atoms with Crippen LogP contribution in [0.25, 0.3) is 10.9 Å². The van der Waals surface area contributed by atoms with E-state index >= 15 is 4.79 Å². The molecule has 6 rings (SSSR count). The quantitative estimate of drug-likeness (QED) is 0.0651. The number of rotatable bonds is 15. The highest BCUT2D eigenvalue weighted by molar-refractivity contribution is 5.98. The van der Waals surface area contributed by atoms with Crippen molar-refractivity contribution in [3.63, 3.8) is 0 Å². The van der Waals surface area contributed by atoms with Gasteiger partial charge in [-0.05, 0) is 96.0 Å². The molecule has 0 aliphatic carbocycles. The molecule has 5 aromatic rings. The van der Waals surface area contributed by atoms with Gasteiger partial charge in [0.15, 0.2) is 0 Å². The van der Waals surface area contributed by atoms with Crippen molar-refractivity contribution in [3.8, 4) is 0 Å². The number of H-pyrrole nitrogens is 1. The van der Waals surface area contributed by atoms with Gasteiger partial charge in [-0.25, -0.2) is 4.79 Å². The highest BCUT2D eigenvalue weighted by Gasteiger charge is 2.38. The molecule has 0 saturated carbocycles. The van der Waals surface area contributed by atoms with Crippen LogP contribution in [-0.4, -0.2) is 112 Å². The number of amides is 7. The number of aromatic amines is 1. The zero-order chi connectivity index (χ0) is 53.4. The van der Waals surface area contributed by atoms with Crippen LogP contribution in [0.3, 0.4) is 0 Å². The van der Waals surface area contributed by atoms with E-state index < -0.39 is 95.6 Å². The topological polar surface area (TPSA) is 229 Å². The molecule has 1 aromatic heterocycles. The van der Waals surface area contributed by atoms with Crippen LogP contribution >= 0.6 is 0 Å². The number of nitrogens with one attached hydrogen (secondary N) is 7. The van der Waals surface area contributed by atoms with Gasteiger partial charge in [-0.2, -0.15) is 0 Å². The zero-order valence-electron chi connectivity index (χ0n) is 43.5. The minimum absolute atomic E-state index is 0.0143. The van der Waals surface area contributed by atoms with Gasteiger partial charge in [0.25, 0.3) is 0 Å². The number of nitrogens with zero attached hydrogens (tertiary/aromatic N) is 1. The Morgan fingerprint density at radius 1 is 0.608 bits per heavy atom. The lowest BCUT2D eigenvalue weighted by Gasteiger charge is -2.34. The number of benzene rings is 4. The maximum absolute atomic E-state index is 15.2. The number of hydrogen-bond donors (Lipinski definition) is 7. The highest BCUT2D eigenvalue weighted by Crippen LogP contribution is 2.21. The van der Waals surface area contributed by atoms with Crippen molar-refractivity contribution < 1.29 is 43.0 Å². The molecule has 394 valence electrons. The molecular formula is C57H72N8O9. The second-order valence-electron chi connectivity index (χ2n) is 20.8. The van der Waals surface area contributed by atoms with Gasteiger partial charge in [0, 0.05) is 49.5 Å². The van der Waals surface area contributed by atoms with Crippen LogP contribution in [0, 0.1) is 0 Å². The molecule has 0 spiro atoms. The average Bonchev–Trinajstić information content (AvgIpc) is 3.75. The van der Waals surface area contributed by atoms with E-state index in [1.807, 2.05) is 115 Å². The summed E-state index contributed by atoms with van der Waals surface area (Å²) in [5.41, 5.74) is 2.12. The van der Waals surface area contributed by atoms with Crippen LogP contribution in [0.15, 0.2) is 121 Å². The number of unbranched alkanes of at least 4 members (excludes halogenated alkanes) is 1. The number of fused-ring (bicyclic) bond motifs is 1. The third-order valence-corrected chi connectivity index (χ3v) is 12.2. The van der Waals surface area contributed by atoms with E-state index in [0.717, 1.165) is 10.9 Å². The minimum atomic E-state index is -1.41. The summed E-state index contributed by atoms with van der Waals surface area (Å²) >= 11 is 0. The number of carbonyl (C=O) groups is 7. The van der Waals surface area contributed by atoms with E-state index in [0.29, 0.717) is 35.1 Å². The third kappa shape index (κ3) is 17.3. The highest BCUT2D eigenvalue weighted by atomic mass is 16.6. The van der Waals surface area contributed by atoms with Gasteiger partial charge < -0.3 is 51.3 Å². The fourth-order valence-electron chi connectivity index (χ4n) is 8.82. The predicted molar refractivity (Wildman–Crippen MR) is 282 cm³/mol. The van der Waals surface area contributed by atoms with Crippen LogP contribution in [0.5, 0.6) is 0 Å². The molecule has 7 amide bonds. The molecule has 0 unspecified atom stereocenters. The van der Waals surface area contributed by atoms with E-state index in [1.165, 1.54) is 4.90 Å². The van der Waals surface area contributed by atoms with Crippen molar-refractivity contribution >= 4 is 52.4 Å². The summed E-state index contributed by atoms with van der Waals surface area (Å²) < 4.78 is 11.7. The first-order chi connectivity index (χ1) is 35.2. The molecule has 0 bridgehead atoms. The van der Waals surface area contributed by atoms with Gasteiger partial charge in [0.1, 0.15) is 35.8 Å². The monoisotopic (exact) mass is 1010 g/mol. The number of hydrogen-bond acceptors (Lipinski definition) is 9. The first-order valence-electron chi connectivity index (χ1n) is 25.3. The summed E-state index contributed by atoms with van der Waals surface area (Å²) in [4.78, 5) is 106. The Morgan fingerprint density at radius 2 is 1.14 bits per heavy atom. The van der Waals surface area contributed by atoms with Crippen LogP contribution in [0.1, 0.15) is 90.0 Å². The molecule has 74 heavy (non-hydrogen) atoms. The summed E-state index contributed by atoms with van der Waals surface area (Å²) in [6, 6.07) is 28.3. The number of ether oxygens (including phenoxy) is 2. The standard InChI is InChI=1S/C57H72N8O9/c1-37(73-56(2,3)4)49-53(70)63-47(32-39-23-13-9-14-24-39)54(71)65(35-40-25-15-10-16-26-40)36-48(66)60-45(31-38-21-11-8-12-22-38)51(68)62-46(33-41-34-59-43-28-18-17-27-42(41)43)52(69)61-44(50(67)64-49)29-19-20-30-58-55(72)74-57(5,6)7/h8-18,21-28,34,37,44-47,49,59H,19-20,29-33,35-36H2,1-7H3,(H,58,72)(H,60,66)(H,61,69)(H,62,68)(H,63,70)(H,64,67)/t37-,44+,45+,46-,47+,49+/m1/s1. The van der Waals surface area contributed by atoms with Crippen molar-refractivity contribution in [2.45, 2.75) is 141 Å². The molecule has 1 aliphatic heterocycles. The fourth-order valence-corrected chi connectivity index (χ4v) is 8.82. The SMILES string of the molecule is C[C@@H](OC(C)(C)C)[C@@H]1NC(=O)[C@H](CCCCNC(=O)OC(C)(C)C)NC(=O)[C@@H](Cc2c[nH]c3ccccc23)NC(=O)[C@H](Cc2ccccc2)NC(=O)CN(Cc2ccccc2)C(=O)[C@H](Cc2ccccc2)NC1=O. The van der Waals surface area contributed by atoms with Crippen molar-refractivity contribution in [2.24, 2.45) is 0 Å². The molecule has 1 saturated heterocycles. The Morgan fingerprint density at radius 3 is 1.74 bits per heavy atom. The summed E-state index contributed by atoms with van der Waals surface area (Å²) in [6.07, 6.45) is 0.924. The van der Waals surface area contributed by atoms with Crippen molar-refractivity contribution in [3.05, 3.63) is 144 Å². The van der Waals surface area contributed by atoms with Gasteiger partial charge in [0.2, 0.25) is 35.4 Å². The van der Waals surface area contributed by atoms with E-state index in [9.17, 15) is 28.8 Å². The number of carbonyl (C=O) groups excluding carboxylic acids is 7. The Kier molecular flexibility index (Phi) is 19.5. The first kappa shape index (κ1) is 55.8. The molecule has 4 aromatic carbocycles. The van der Waals surface area contributed by atoms with Gasteiger partial charge >= 0.3 is 6.09 Å². The van der Waals surface area contributed by atoms with Crippen LogP contribution < -0.4 is 31.9 Å². The minimum Gasteiger partial charge on any atom is -0.444 e. The number of aromatic nitrogens is 1. The summed E-state index contributed by atoms with van der Waals surface area (Å²) in [6.45, 7) is 12.0. The van der Waals surface area contributed by atoms with Crippen molar-refractivity contribution in [1.82, 2.24) is 41.8 Å². The number of para-hydroxylation sites is 1. The Bertz CT molecular complexity index is 2680. The van der Waals surface area contributed by atoms with E-state index in [-0.39, 0.29) is 38.8 Å². The van der Waals surface area contributed by atoms with Gasteiger partial charge in [0.05, 0.1) is 18.2 Å². The number of alkyl carbamates (subject to hydrolysis) is 1. The largest absolute Gasteiger partial charge is 0.444 e. The molecule has 1 aliphatic rings. The molecular weight excluding hydrogens is 941 g/mol. The molecule has 2 heterocycles. The predicted octanol–water partition coefficient (Wildman–Crippen LogP) is 5.56. The lowest BCUT2D eigenvalue weighted by molar-refractivity contribution is -0.144. The zero-order valence-corrected chi connectivity index (χ0v) is 43.5. The molecule has 7 N–H and O–H groups in total. The molecule has 6 atom stereocenters. The van der Waals surface area contributed by atoms with Crippen LogP contribution in [-0.2, 0) is 64.0 Å². The molecule has 1 fully saturated rings. The fraction of sp³-hybridized carbons (Fsp3) is 0.421. The summed E-state index contributed by atoms with van der Waals surface area (Å²) in [5, 5.41) is 18.0. The maximum atomic E-state index is 15.2. The van der Waals surface area contributed by atoms with E-state index in [1.54, 1.807) is 54.7 Å². The first-order valence-corrected chi connectivity index (χ1v) is 25.3. The normalized spacial score (nSPS) is 20.3. The Balaban J connectivity index is 1.43. The summed E-state index contributed by atoms with van der Waals surface area (Å²) in [7, 11) is 0. The molecule has 17 nitrogen and oxygen atoms in total. The smallest absolute Gasteiger partial charge is 0.407 e. The van der Waals surface area contributed by atoms with Crippen LogP contribution in [0.2, 0.25) is 0 Å². The Hall–Kier alpha value is -7.53. The van der Waals surface area contributed by atoms with E-state index in [4.69, 9.17) is 9.47 Å². The van der Waals surface area contributed by atoms with Gasteiger partial charge in [-0.3, -0.25) is 28.8 Å². The second kappa shape index (κ2) is 25.9. The van der Waals surface area contributed by atoms with Crippen molar-refractivity contribution in [2.75, 3.05) is 13.1 Å². The van der Waals surface area contributed by atoms with Crippen molar-refractivity contribution in [1.29, 1.82) is 0 Å².